The molecule has 1 atom stereocenters. The monoisotopic (exact) mass is 263 g/mol. The second-order valence-corrected chi connectivity index (χ2v) is 5.84. The van der Waals surface area contributed by atoms with Crippen LogP contribution in [0.4, 0.5) is 5.69 Å². The van der Waals surface area contributed by atoms with E-state index < -0.39 is 0 Å². The SMILES string of the molecule is COc1ccc(N2C(N)=NCC23CCSC3)cc1. The molecule has 5 heteroatoms. The maximum Gasteiger partial charge on any atom is 0.196 e. The van der Waals surface area contributed by atoms with Gasteiger partial charge in [0.15, 0.2) is 5.96 Å². The Labute approximate surface area is 111 Å². The summed E-state index contributed by atoms with van der Waals surface area (Å²) in [5, 5.41) is 0. The molecule has 1 fully saturated rings. The van der Waals surface area contributed by atoms with Gasteiger partial charge in [-0.25, -0.2) is 0 Å². The Morgan fingerprint density at radius 3 is 2.78 bits per heavy atom. The quantitative estimate of drug-likeness (QED) is 0.882. The average Bonchev–Trinajstić information content (AvgIpc) is 2.99. The fourth-order valence-corrected chi connectivity index (χ4v) is 4.06. The fraction of sp³-hybridized carbons (Fsp3) is 0.462. The lowest BCUT2D eigenvalue weighted by molar-refractivity contribution is 0.414. The Kier molecular flexibility index (Phi) is 2.86. The lowest BCUT2D eigenvalue weighted by Gasteiger charge is -2.35. The Morgan fingerprint density at radius 1 is 1.39 bits per heavy atom. The normalized spacial score (nSPS) is 26.7. The minimum absolute atomic E-state index is 0.101. The largest absolute Gasteiger partial charge is 0.497 e. The van der Waals surface area contributed by atoms with Crippen molar-refractivity contribution in [2.24, 2.45) is 10.7 Å². The van der Waals surface area contributed by atoms with Crippen molar-refractivity contribution >= 4 is 23.4 Å². The summed E-state index contributed by atoms with van der Waals surface area (Å²) in [6.45, 7) is 0.817. The van der Waals surface area contributed by atoms with Crippen molar-refractivity contribution in [1.29, 1.82) is 0 Å². The molecule has 3 rings (SSSR count). The molecule has 2 N–H and O–H groups in total. The first-order valence-corrected chi connectivity index (χ1v) is 7.23. The number of anilines is 1. The van der Waals surface area contributed by atoms with E-state index in [9.17, 15) is 0 Å². The van der Waals surface area contributed by atoms with Crippen molar-refractivity contribution in [2.45, 2.75) is 12.0 Å². The zero-order chi connectivity index (χ0) is 12.6. The van der Waals surface area contributed by atoms with E-state index in [2.05, 4.69) is 22.0 Å². The van der Waals surface area contributed by atoms with Crippen LogP contribution in [-0.2, 0) is 0 Å². The predicted molar refractivity (Wildman–Crippen MR) is 76.6 cm³/mol. The molecule has 1 aromatic rings. The standard InChI is InChI=1S/C13H17N3OS/c1-17-11-4-2-10(3-5-11)16-12(14)15-8-13(16)6-7-18-9-13/h2-5H,6-9H2,1H3,(H2,14,15). The summed E-state index contributed by atoms with van der Waals surface area (Å²) in [5.74, 6) is 3.80. The van der Waals surface area contributed by atoms with Gasteiger partial charge in [-0.2, -0.15) is 11.8 Å². The van der Waals surface area contributed by atoms with Gasteiger partial charge >= 0.3 is 0 Å². The molecule has 2 aliphatic rings. The van der Waals surface area contributed by atoms with Crippen LogP contribution in [0.5, 0.6) is 5.75 Å². The van der Waals surface area contributed by atoms with Gasteiger partial charge in [0.05, 0.1) is 19.2 Å². The predicted octanol–water partition coefficient (Wildman–Crippen LogP) is 1.71. The number of ether oxygens (including phenoxy) is 1. The molecule has 0 aromatic heterocycles. The number of methoxy groups -OCH3 is 1. The molecule has 0 bridgehead atoms. The second-order valence-electron chi connectivity index (χ2n) is 4.73. The minimum atomic E-state index is 0.101. The summed E-state index contributed by atoms with van der Waals surface area (Å²) in [4.78, 5) is 6.65. The lowest BCUT2D eigenvalue weighted by atomic mass is 9.97. The van der Waals surface area contributed by atoms with Gasteiger partial charge in [-0.05, 0) is 36.4 Å². The van der Waals surface area contributed by atoms with Gasteiger partial charge in [0.2, 0.25) is 0 Å². The highest BCUT2D eigenvalue weighted by Crippen LogP contribution is 2.39. The van der Waals surface area contributed by atoms with E-state index in [0.717, 1.165) is 30.2 Å². The van der Waals surface area contributed by atoms with Gasteiger partial charge in [-0.1, -0.05) is 0 Å². The zero-order valence-corrected chi connectivity index (χ0v) is 11.2. The number of nitrogens with two attached hydrogens (primary N) is 1. The van der Waals surface area contributed by atoms with Gasteiger partial charge in [-0.3, -0.25) is 4.99 Å². The van der Waals surface area contributed by atoms with Crippen LogP contribution in [0.1, 0.15) is 6.42 Å². The Balaban J connectivity index is 1.94. The first-order chi connectivity index (χ1) is 8.75. The van der Waals surface area contributed by atoms with Gasteiger partial charge in [-0.15, -0.1) is 0 Å². The summed E-state index contributed by atoms with van der Waals surface area (Å²) in [7, 11) is 1.68. The van der Waals surface area contributed by atoms with Crippen molar-refractivity contribution in [1.82, 2.24) is 0 Å². The van der Waals surface area contributed by atoms with Crippen LogP contribution in [0.25, 0.3) is 0 Å². The van der Waals surface area contributed by atoms with Crippen molar-refractivity contribution in [2.75, 3.05) is 30.1 Å². The third kappa shape index (κ3) is 1.73. The molecular formula is C13H17N3OS. The van der Waals surface area contributed by atoms with Crippen LogP contribution < -0.4 is 15.4 Å². The fourth-order valence-electron chi connectivity index (χ4n) is 2.65. The van der Waals surface area contributed by atoms with E-state index in [1.54, 1.807) is 7.11 Å². The molecular weight excluding hydrogens is 246 g/mol. The number of aliphatic imine (C=N–C) groups is 1. The highest BCUT2D eigenvalue weighted by atomic mass is 32.2. The number of hydrogen-bond acceptors (Lipinski definition) is 5. The molecule has 0 amide bonds. The van der Waals surface area contributed by atoms with Crippen LogP contribution in [0, 0.1) is 0 Å². The van der Waals surface area contributed by atoms with E-state index in [1.165, 1.54) is 5.75 Å². The van der Waals surface area contributed by atoms with Crippen molar-refractivity contribution < 1.29 is 4.74 Å². The van der Waals surface area contributed by atoms with E-state index in [4.69, 9.17) is 10.5 Å². The van der Waals surface area contributed by atoms with Gasteiger partial charge < -0.3 is 15.4 Å². The smallest absolute Gasteiger partial charge is 0.196 e. The van der Waals surface area contributed by atoms with Crippen LogP contribution >= 0.6 is 11.8 Å². The third-order valence-corrected chi connectivity index (χ3v) is 4.89. The maximum absolute atomic E-state index is 6.07. The first kappa shape index (κ1) is 11.7. The van der Waals surface area contributed by atoms with E-state index in [1.807, 2.05) is 23.9 Å². The van der Waals surface area contributed by atoms with Crippen molar-refractivity contribution in [3.8, 4) is 5.75 Å². The molecule has 1 unspecified atom stereocenters. The molecule has 2 aliphatic heterocycles. The number of rotatable bonds is 2. The molecule has 0 radical (unpaired) electrons. The molecule has 0 saturated carbocycles. The number of nitrogens with zero attached hydrogens (tertiary/aromatic N) is 2. The summed E-state index contributed by atoms with van der Waals surface area (Å²) < 4.78 is 5.19. The summed E-state index contributed by atoms with van der Waals surface area (Å²) in [5.41, 5.74) is 7.28. The van der Waals surface area contributed by atoms with E-state index in [0.29, 0.717) is 5.96 Å². The molecule has 2 heterocycles. The highest BCUT2D eigenvalue weighted by Gasteiger charge is 2.45. The molecule has 4 nitrogen and oxygen atoms in total. The summed E-state index contributed by atoms with van der Waals surface area (Å²) >= 11 is 1.98. The highest BCUT2D eigenvalue weighted by molar-refractivity contribution is 7.99. The van der Waals surface area contributed by atoms with Gasteiger partial charge in [0.25, 0.3) is 0 Å². The van der Waals surface area contributed by atoms with Gasteiger partial charge in [0.1, 0.15) is 5.75 Å². The number of hydrogen-bond donors (Lipinski definition) is 1. The average molecular weight is 263 g/mol. The first-order valence-electron chi connectivity index (χ1n) is 6.07. The molecule has 1 aromatic carbocycles. The zero-order valence-electron chi connectivity index (χ0n) is 10.4. The molecule has 96 valence electrons. The molecule has 18 heavy (non-hydrogen) atoms. The van der Waals surface area contributed by atoms with Crippen LogP contribution in [0.15, 0.2) is 29.3 Å². The summed E-state index contributed by atoms with van der Waals surface area (Å²) in [6, 6.07) is 8.04. The van der Waals surface area contributed by atoms with Crippen LogP contribution in [-0.4, -0.2) is 36.7 Å². The second kappa shape index (κ2) is 4.39. The maximum atomic E-state index is 6.07. The Morgan fingerprint density at radius 2 is 2.17 bits per heavy atom. The number of thioether (sulfide) groups is 1. The van der Waals surface area contributed by atoms with Gasteiger partial charge in [0, 0.05) is 11.4 Å². The molecule has 1 saturated heterocycles. The van der Waals surface area contributed by atoms with Crippen LogP contribution in [0.2, 0.25) is 0 Å². The molecule has 0 aliphatic carbocycles. The van der Waals surface area contributed by atoms with E-state index in [-0.39, 0.29) is 5.54 Å². The molecule has 1 spiro atoms. The number of benzene rings is 1. The van der Waals surface area contributed by atoms with Crippen molar-refractivity contribution in [3.05, 3.63) is 24.3 Å². The van der Waals surface area contributed by atoms with Crippen molar-refractivity contribution in [3.63, 3.8) is 0 Å². The Bertz CT molecular complexity index is 466. The third-order valence-electron chi connectivity index (χ3n) is 3.65. The Hall–Kier alpha value is -1.36. The minimum Gasteiger partial charge on any atom is -0.497 e. The van der Waals surface area contributed by atoms with E-state index >= 15 is 0 Å². The summed E-state index contributed by atoms with van der Waals surface area (Å²) in [6.07, 6.45) is 1.15. The van der Waals surface area contributed by atoms with Crippen LogP contribution in [0.3, 0.4) is 0 Å². The topological polar surface area (TPSA) is 50.9 Å². The lowest BCUT2D eigenvalue weighted by Crippen LogP contribution is -2.52. The number of guanidine groups is 1.